The normalized spacial score (nSPS) is 11.7. The van der Waals surface area contributed by atoms with Gasteiger partial charge < -0.3 is 14.0 Å². The summed E-state index contributed by atoms with van der Waals surface area (Å²) in [6.07, 6.45) is 55.1. The van der Waals surface area contributed by atoms with Gasteiger partial charge in [0.25, 0.3) is 0 Å². The van der Waals surface area contributed by atoms with Gasteiger partial charge in [0.1, 0.15) is 10.1 Å². The topological polar surface area (TPSA) is 110 Å². The molecule has 0 fully saturated rings. The summed E-state index contributed by atoms with van der Waals surface area (Å²) in [5, 5.41) is 0. The zero-order valence-electron chi connectivity index (χ0n) is 39.7. The van der Waals surface area contributed by atoms with E-state index in [1.54, 1.807) is 12.2 Å². The van der Waals surface area contributed by atoms with Crippen LogP contribution in [0.2, 0.25) is 0 Å². The number of allylic oxidation sites excluding steroid dienone is 2. The molecule has 0 saturated heterocycles. The van der Waals surface area contributed by atoms with Crippen molar-refractivity contribution in [3.8, 4) is 0 Å². The summed E-state index contributed by atoms with van der Waals surface area (Å²) >= 11 is 0. The minimum absolute atomic E-state index is 0. The van der Waals surface area contributed by atoms with Crippen LogP contribution in [-0.4, -0.2) is 24.9 Å². The first kappa shape index (κ1) is 59.5. The van der Waals surface area contributed by atoms with E-state index < -0.39 is 27.0 Å². The van der Waals surface area contributed by atoms with Crippen LogP contribution in [-0.2, 0) is 19.6 Å². The maximum absolute atomic E-state index is 12.9. The molecule has 0 amide bonds. The van der Waals surface area contributed by atoms with Crippen molar-refractivity contribution >= 4 is 22.1 Å². The molecule has 0 aliphatic heterocycles. The van der Waals surface area contributed by atoms with Gasteiger partial charge in [-0.1, -0.05) is 232 Å². The van der Waals surface area contributed by atoms with Gasteiger partial charge in [-0.05, 0) is 56.0 Å². The third kappa shape index (κ3) is 36.6. The molecule has 346 valence electrons. The summed E-state index contributed by atoms with van der Waals surface area (Å²) in [5.74, 6) is -1.75. The standard InChI is InChI=1S/C52H90O7S.Na/c1-3-5-7-9-11-13-15-17-19-21-23-25-27-29-31-33-35-37-39-41-45-58-51(53)49-44-43-48(60(55,56)57)47-50(49)52(54)59-46-42-40-38-36-34-32-30-28-26-24-22-20-18-16-14-12-10-8-6-4-2;/h41-47H,3-40H2,1-2H3,(H,55,56,57);/q;+1/p-1/b45-41+,46-42+;. The Labute approximate surface area is 397 Å². The second kappa shape index (κ2) is 43.8. The Kier molecular flexibility index (Phi) is 42.7. The van der Waals surface area contributed by atoms with Crippen LogP contribution in [0.15, 0.2) is 47.8 Å². The van der Waals surface area contributed by atoms with Gasteiger partial charge >= 0.3 is 41.5 Å². The Hall–Kier alpha value is -1.45. The Bertz CT molecular complexity index is 1340. The molecule has 1 aromatic carbocycles. The maximum atomic E-state index is 12.9. The largest absolute Gasteiger partial charge is 1.00 e. The number of ether oxygens (including phenoxy) is 2. The number of hydrogen-bond acceptors (Lipinski definition) is 7. The van der Waals surface area contributed by atoms with E-state index in [0.29, 0.717) is 0 Å². The van der Waals surface area contributed by atoms with Crippen molar-refractivity contribution in [1.82, 2.24) is 0 Å². The van der Waals surface area contributed by atoms with Crippen molar-refractivity contribution in [2.24, 2.45) is 0 Å². The number of rotatable bonds is 43. The van der Waals surface area contributed by atoms with Crippen LogP contribution in [0.4, 0.5) is 0 Å². The number of benzene rings is 1. The SMILES string of the molecule is CCCCCCCCCCCCCCCCCCCC/C=C/OC(=O)c1ccc(S(=O)(=O)[O-])cc1C(=O)O/C=C/CCCCCCCCCCCCCCCCCCCC.[Na+]. The van der Waals surface area contributed by atoms with Crippen molar-refractivity contribution in [2.45, 2.75) is 263 Å². The molecule has 0 aromatic heterocycles. The molecule has 9 heteroatoms. The molecular weight excluding hydrogens is 792 g/mol. The second-order valence-corrected chi connectivity index (χ2v) is 18.7. The zero-order valence-corrected chi connectivity index (χ0v) is 42.5. The molecule has 61 heavy (non-hydrogen) atoms. The minimum atomic E-state index is -4.85. The Morgan fingerprint density at radius 1 is 0.443 bits per heavy atom. The third-order valence-corrected chi connectivity index (χ3v) is 12.5. The Morgan fingerprint density at radius 2 is 0.705 bits per heavy atom. The minimum Gasteiger partial charge on any atom is -0.744 e. The zero-order chi connectivity index (χ0) is 43.6. The van der Waals surface area contributed by atoms with Crippen molar-refractivity contribution in [1.29, 1.82) is 0 Å². The molecule has 0 N–H and O–H groups in total. The van der Waals surface area contributed by atoms with Gasteiger partial charge in [0.2, 0.25) is 0 Å². The maximum Gasteiger partial charge on any atom is 1.00 e. The van der Waals surface area contributed by atoms with Crippen LogP contribution in [0.5, 0.6) is 0 Å². The molecule has 1 rings (SSSR count). The van der Waals surface area contributed by atoms with Gasteiger partial charge in [-0.2, -0.15) is 0 Å². The molecule has 0 spiro atoms. The molecular formula is C52H89NaO7S. The number of hydrogen-bond donors (Lipinski definition) is 0. The molecule has 0 unspecified atom stereocenters. The van der Waals surface area contributed by atoms with Crippen molar-refractivity contribution in [3.05, 3.63) is 54.0 Å². The van der Waals surface area contributed by atoms with E-state index in [-0.39, 0.29) is 40.7 Å². The fourth-order valence-electron chi connectivity index (χ4n) is 7.84. The van der Waals surface area contributed by atoms with Crippen LogP contribution in [0.3, 0.4) is 0 Å². The molecule has 0 radical (unpaired) electrons. The molecule has 0 saturated carbocycles. The van der Waals surface area contributed by atoms with E-state index >= 15 is 0 Å². The van der Waals surface area contributed by atoms with Crippen LogP contribution >= 0.6 is 0 Å². The monoisotopic (exact) mass is 881 g/mol. The van der Waals surface area contributed by atoms with Gasteiger partial charge in [-0.15, -0.1) is 0 Å². The predicted molar refractivity (Wildman–Crippen MR) is 250 cm³/mol. The average molecular weight is 881 g/mol. The molecule has 0 aliphatic carbocycles. The molecule has 7 nitrogen and oxygen atoms in total. The van der Waals surface area contributed by atoms with Crippen molar-refractivity contribution in [2.75, 3.05) is 0 Å². The Balaban J connectivity index is 0.0000360. The Morgan fingerprint density at radius 3 is 0.984 bits per heavy atom. The quantitative estimate of drug-likeness (QED) is 0.0211. The number of carbonyl (C=O) groups is 2. The number of carbonyl (C=O) groups excluding carboxylic acids is 2. The molecule has 0 bridgehead atoms. The number of esters is 2. The number of unbranched alkanes of at least 4 members (excludes halogenated alkanes) is 36. The average Bonchev–Trinajstić information content (AvgIpc) is 3.24. The summed E-state index contributed by atoms with van der Waals surface area (Å²) in [6, 6.07) is 3.01. The predicted octanol–water partition coefficient (Wildman–Crippen LogP) is 13.8. The summed E-state index contributed by atoms with van der Waals surface area (Å²) in [4.78, 5) is 25.2. The van der Waals surface area contributed by atoms with Gasteiger partial charge in [0, 0.05) is 0 Å². The van der Waals surface area contributed by atoms with Crippen molar-refractivity contribution in [3.63, 3.8) is 0 Å². The first-order chi connectivity index (χ1) is 29.3. The first-order valence-corrected chi connectivity index (χ1v) is 26.5. The van der Waals surface area contributed by atoms with E-state index in [1.165, 1.54) is 218 Å². The third-order valence-electron chi connectivity index (χ3n) is 11.7. The van der Waals surface area contributed by atoms with E-state index in [0.717, 1.165) is 56.7 Å². The smallest absolute Gasteiger partial charge is 0.744 e. The molecule has 1 aromatic rings. The fraction of sp³-hybridized carbons (Fsp3) is 0.769. The van der Waals surface area contributed by atoms with Crippen LogP contribution in [0, 0.1) is 0 Å². The molecule has 0 aliphatic rings. The second-order valence-electron chi connectivity index (χ2n) is 17.3. The molecule has 0 heterocycles. The van der Waals surface area contributed by atoms with Crippen LogP contribution in [0.1, 0.15) is 279 Å². The van der Waals surface area contributed by atoms with Crippen LogP contribution < -0.4 is 29.6 Å². The van der Waals surface area contributed by atoms with Gasteiger partial charge in [-0.25, -0.2) is 18.0 Å². The molecule has 0 atom stereocenters. The van der Waals surface area contributed by atoms with Gasteiger partial charge in [0.05, 0.1) is 28.5 Å². The van der Waals surface area contributed by atoms with Gasteiger partial charge in [0.15, 0.2) is 0 Å². The summed E-state index contributed by atoms with van der Waals surface area (Å²) in [5.41, 5.74) is -0.492. The van der Waals surface area contributed by atoms with E-state index in [2.05, 4.69) is 13.8 Å². The van der Waals surface area contributed by atoms with Gasteiger partial charge in [-0.3, -0.25) is 0 Å². The van der Waals surface area contributed by atoms with E-state index in [9.17, 15) is 22.6 Å². The van der Waals surface area contributed by atoms with E-state index in [4.69, 9.17) is 9.47 Å². The summed E-state index contributed by atoms with van der Waals surface area (Å²) in [7, 11) is -4.85. The van der Waals surface area contributed by atoms with Crippen molar-refractivity contribution < 1.29 is 61.6 Å². The first-order valence-electron chi connectivity index (χ1n) is 25.1. The fourth-order valence-corrected chi connectivity index (χ4v) is 8.33. The van der Waals surface area contributed by atoms with Crippen LogP contribution in [0.25, 0.3) is 0 Å². The summed E-state index contributed by atoms with van der Waals surface area (Å²) in [6.45, 7) is 4.54. The summed E-state index contributed by atoms with van der Waals surface area (Å²) < 4.78 is 45.5. The van der Waals surface area contributed by atoms with E-state index in [1.807, 2.05) is 0 Å².